The van der Waals surface area contributed by atoms with Gasteiger partial charge in [0.1, 0.15) is 5.70 Å². The smallest absolute Gasteiger partial charge is 0.311 e. The lowest BCUT2D eigenvalue weighted by molar-refractivity contribution is -0.115. The first-order chi connectivity index (χ1) is 18.3. The number of halogens is 1. The highest BCUT2D eigenvalue weighted by molar-refractivity contribution is 9.10. The molecule has 0 bridgehead atoms. The van der Waals surface area contributed by atoms with Crippen LogP contribution in [0.25, 0.3) is 17.0 Å². The first-order valence-electron chi connectivity index (χ1n) is 12.2. The number of carbonyl (C=O) groups is 2. The molecule has 194 valence electrons. The van der Waals surface area contributed by atoms with Crippen molar-refractivity contribution in [3.8, 4) is 5.88 Å². The monoisotopic (exact) mass is 573 g/mol. The summed E-state index contributed by atoms with van der Waals surface area (Å²) in [4.78, 5) is 28.3. The van der Waals surface area contributed by atoms with Gasteiger partial charge in [0.15, 0.2) is 5.69 Å². The number of anilines is 1. The number of nitrogens with one attached hydrogen (secondary N) is 1. The van der Waals surface area contributed by atoms with E-state index in [9.17, 15) is 14.7 Å². The van der Waals surface area contributed by atoms with Gasteiger partial charge in [-0.2, -0.15) is 0 Å². The summed E-state index contributed by atoms with van der Waals surface area (Å²) in [5, 5.41) is 21.9. The Hall–Kier alpha value is -4.24. The van der Waals surface area contributed by atoms with Crippen LogP contribution in [0, 0.1) is 0 Å². The van der Waals surface area contributed by atoms with E-state index in [2.05, 4.69) is 50.2 Å². The number of azo groups is 1. The average Bonchev–Trinajstić information content (AvgIpc) is 3.17. The van der Waals surface area contributed by atoms with Gasteiger partial charge in [-0.05, 0) is 68.0 Å². The van der Waals surface area contributed by atoms with Crippen LogP contribution in [0.5, 0.6) is 5.88 Å². The normalized spacial score (nSPS) is 11.7. The van der Waals surface area contributed by atoms with Gasteiger partial charge < -0.3 is 19.9 Å². The van der Waals surface area contributed by atoms with Crippen molar-refractivity contribution in [2.45, 2.75) is 13.8 Å². The number of nitrogens with zero attached hydrogens (tertiary/aromatic N) is 4. The van der Waals surface area contributed by atoms with Crippen LogP contribution in [0.15, 0.2) is 93.2 Å². The summed E-state index contributed by atoms with van der Waals surface area (Å²) in [5.74, 6) is -1.33. The van der Waals surface area contributed by atoms with Crippen LogP contribution < -0.4 is 10.2 Å². The summed E-state index contributed by atoms with van der Waals surface area (Å²) in [6, 6.07) is 21.8. The quantitative estimate of drug-likeness (QED) is 0.184. The first-order valence-corrected chi connectivity index (χ1v) is 13.0. The second-order valence-electron chi connectivity index (χ2n) is 8.54. The second-order valence-corrected chi connectivity index (χ2v) is 9.46. The van der Waals surface area contributed by atoms with E-state index in [0.29, 0.717) is 16.5 Å². The number of rotatable bonds is 8. The summed E-state index contributed by atoms with van der Waals surface area (Å²) < 4.78 is 2.36. The van der Waals surface area contributed by atoms with Gasteiger partial charge in [0.05, 0.1) is 5.52 Å². The molecule has 0 radical (unpaired) electrons. The molecule has 0 aliphatic heterocycles. The molecule has 8 nitrogen and oxygen atoms in total. The standard InChI is InChI=1S/C29H28BrN5O3/c1-4-35(5-2)22-14-11-19(12-15-22)17-24(31-27(36)20-9-7-6-8-10-20)28(37)33-32-26-23-18-21(30)13-16-25(23)34(3)29(26)38/h6-18,38H,4-5H2,1-3H3,(H,31,36). The highest BCUT2D eigenvalue weighted by atomic mass is 79.9. The zero-order valence-electron chi connectivity index (χ0n) is 21.4. The third-order valence-corrected chi connectivity index (χ3v) is 6.69. The molecule has 1 aromatic heterocycles. The maximum atomic E-state index is 13.2. The fourth-order valence-electron chi connectivity index (χ4n) is 4.10. The van der Waals surface area contributed by atoms with Crippen LogP contribution in [-0.2, 0) is 11.8 Å². The predicted octanol–water partition coefficient (Wildman–Crippen LogP) is 6.57. The molecule has 38 heavy (non-hydrogen) atoms. The van der Waals surface area contributed by atoms with E-state index in [1.807, 2.05) is 36.4 Å². The van der Waals surface area contributed by atoms with E-state index < -0.39 is 11.8 Å². The largest absolute Gasteiger partial charge is 0.493 e. The minimum atomic E-state index is -0.756. The van der Waals surface area contributed by atoms with Crippen molar-refractivity contribution in [3.05, 3.63) is 94.1 Å². The van der Waals surface area contributed by atoms with Crippen molar-refractivity contribution in [1.82, 2.24) is 9.88 Å². The Kier molecular flexibility index (Phi) is 8.38. The van der Waals surface area contributed by atoms with Crippen molar-refractivity contribution >= 4 is 56.1 Å². The van der Waals surface area contributed by atoms with Crippen molar-refractivity contribution in [1.29, 1.82) is 0 Å². The van der Waals surface area contributed by atoms with Crippen molar-refractivity contribution in [2.75, 3.05) is 18.0 Å². The summed E-state index contributed by atoms with van der Waals surface area (Å²) in [6.45, 7) is 5.93. The lowest BCUT2D eigenvalue weighted by atomic mass is 10.1. The molecular weight excluding hydrogens is 546 g/mol. The third-order valence-electron chi connectivity index (χ3n) is 6.19. The van der Waals surface area contributed by atoms with E-state index in [4.69, 9.17) is 0 Å². The molecule has 1 heterocycles. The highest BCUT2D eigenvalue weighted by Gasteiger charge is 2.18. The molecule has 0 spiro atoms. The Balaban J connectivity index is 1.69. The van der Waals surface area contributed by atoms with Gasteiger partial charge in [-0.15, -0.1) is 10.2 Å². The van der Waals surface area contributed by atoms with Gasteiger partial charge in [-0.3, -0.25) is 9.59 Å². The maximum Gasteiger partial charge on any atom is 0.311 e. The molecule has 4 rings (SSSR count). The predicted molar refractivity (Wildman–Crippen MR) is 154 cm³/mol. The fourth-order valence-corrected chi connectivity index (χ4v) is 4.46. The van der Waals surface area contributed by atoms with Crippen molar-refractivity contribution in [2.24, 2.45) is 17.3 Å². The van der Waals surface area contributed by atoms with Gasteiger partial charge in [0.25, 0.3) is 5.91 Å². The van der Waals surface area contributed by atoms with Crippen LogP contribution in [0.3, 0.4) is 0 Å². The van der Waals surface area contributed by atoms with E-state index in [-0.39, 0.29) is 17.3 Å². The van der Waals surface area contributed by atoms with Crippen LogP contribution in [-0.4, -0.2) is 34.6 Å². The fraction of sp³-hybridized carbons (Fsp3) is 0.172. The van der Waals surface area contributed by atoms with Gasteiger partial charge in [-0.25, -0.2) is 0 Å². The topological polar surface area (TPSA) is 99.3 Å². The van der Waals surface area contributed by atoms with E-state index >= 15 is 0 Å². The van der Waals surface area contributed by atoms with Crippen LogP contribution >= 0.6 is 15.9 Å². The number of aryl methyl sites for hydroxylation is 1. The zero-order chi connectivity index (χ0) is 27.2. The maximum absolute atomic E-state index is 13.2. The molecule has 2 amide bonds. The van der Waals surface area contributed by atoms with E-state index in [1.165, 1.54) is 0 Å². The number of aromatic nitrogens is 1. The van der Waals surface area contributed by atoms with Crippen LogP contribution in [0.1, 0.15) is 29.8 Å². The number of hydrogen-bond acceptors (Lipinski definition) is 5. The minimum absolute atomic E-state index is 0.0425. The Bertz CT molecular complexity index is 1520. The molecular formula is C29H28BrN5O3. The van der Waals surface area contributed by atoms with Crippen LogP contribution in [0.2, 0.25) is 0 Å². The summed E-state index contributed by atoms with van der Waals surface area (Å²) >= 11 is 3.42. The molecule has 0 saturated heterocycles. The van der Waals surface area contributed by atoms with Crippen molar-refractivity contribution in [3.63, 3.8) is 0 Å². The van der Waals surface area contributed by atoms with E-state index in [1.54, 1.807) is 54.1 Å². The Labute approximate surface area is 229 Å². The van der Waals surface area contributed by atoms with Gasteiger partial charge in [-0.1, -0.05) is 46.3 Å². The Morgan fingerprint density at radius 1 is 1.03 bits per heavy atom. The molecule has 0 unspecified atom stereocenters. The number of aromatic hydroxyl groups is 1. The molecule has 2 N–H and O–H groups in total. The zero-order valence-corrected chi connectivity index (χ0v) is 22.9. The lowest BCUT2D eigenvalue weighted by Gasteiger charge is -2.20. The first kappa shape index (κ1) is 26.8. The number of hydrogen-bond donors (Lipinski definition) is 2. The number of benzene rings is 3. The van der Waals surface area contributed by atoms with Gasteiger partial charge in [0, 0.05) is 41.2 Å². The molecule has 0 saturated carbocycles. The molecule has 0 aliphatic carbocycles. The van der Waals surface area contributed by atoms with Crippen molar-refractivity contribution < 1.29 is 14.7 Å². The Morgan fingerprint density at radius 3 is 2.37 bits per heavy atom. The molecule has 4 aromatic rings. The molecule has 0 atom stereocenters. The molecule has 3 aromatic carbocycles. The lowest BCUT2D eigenvalue weighted by Crippen LogP contribution is -2.26. The molecule has 0 fully saturated rings. The number of amides is 2. The number of fused-ring (bicyclic) bond motifs is 1. The summed E-state index contributed by atoms with van der Waals surface area (Å²) in [5.41, 5.74) is 3.02. The minimum Gasteiger partial charge on any atom is -0.493 e. The average molecular weight is 574 g/mol. The van der Waals surface area contributed by atoms with Gasteiger partial charge >= 0.3 is 5.91 Å². The Morgan fingerprint density at radius 2 is 1.71 bits per heavy atom. The van der Waals surface area contributed by atoms with Gasteiger partial charge in [0.2, 0.25) is 5.88 Å². The van der Waals surface area contributed by atoms with E-state index in [0.717, 1.165) is 28.8 Å². The summed E-state index contributed by atoms with van der Waals surface area (Å²) in [6.07, 6.45) is 1.56. The second kappa shape index (κ2) is 11.9. The molecule has 9 heteroatoms. The number of carbonyl (C=O) groups excluding carboxylic acids is 2. The highest BCUT2D eigenvalue weighted by Crippen LogP contribution is 2.39. The molecule has 0 aliphatic rings. The third kappa shape index (κ3) is 5.84. The van der Waals surface area contributed by atoms with Crippen LogP contribution in [0.4, 0.5) is 11.4 Å². The summed E-state index contributed by atoms with van der Waals surface area (Å²) in [7, 11) is 1.69. The SMILES string of the molecule is CCN(CC)c1ccc(C=C(NC(=O)c2ccccc2)C(=O)N=Nc2c(O)n(C)c3ccc(Br)cc23)cc1.